The van der Waals surface area contributed by atoms with Crippen LogP contribution in [0.5, 0.6) is 0 Å². The molecule has 3 rings (SSSR count). The Morgan fingerprint density at radius 3 is 2.26 bits per heavy atom. The molecule has 0 saturated carbocycles. The van der Waals surface area contributed by atoms with Crippen LogP contribution >= 0.6 is 0 Å². The number of ketones is 1. The van der Waals surface area contributed by atoms with Gasteiger partial charge < -0.3 is 13.9 Å². The van der Waals surface area contributed by atoms with Gasteiger partial charge in [-0.3, -0.25) is 4.79 Å². The third-order valence-corrected chi connectivity index (χ3v) is 3.49. The van der Waals surface area contributed by atoms with Crippen molar-refractivity contribution in [2.45, 2.75) is 13.8 Å². The van der Waals surface area contributed by atoms with Gasteiger partial charge in [0.25, 0.3) is 0 Å². The molecule has 0 saturated heterocycles. The van der Waals surface area contributed by atoms with Crippen LogP contribution in [-0.4, -0.2) is 30.9 Å². The molecule has 0 atom stereocenters. The maximum absolute atomic E-state index is 12.6. The molecule has 0 fully saturated rings. The van der Waals surface area contributed by atoms with Crippen LogP contribution in [0.3, 0.4) is 0 Å². The molecule has 6 nitrogen and oxygen atoms in total. The molecule has 0 spiro atoms. The summed E-state index contributed by atoms with van der Waals surface area (Å²) in [6.07, 6.45) is 0. The van der Waals surface area contributed by atoms with E-state index in [9.17, 15) is 14.4 Å². The monoisotopic (exact) mass is 314 g/mol. The lowest BCUT2D eigenvalue weighted by atomic mass is 10.1. The van der Waals surface area contributed by atoms with E-state index in [0.29, 0.717) is 11.1 Å². The molecule has 0 bridgehead atoms. The van der Waals surface area contributed by atoms with Gasteiger partial charge in [0, 0.05) is 11.1 Å². The van der Waals surface area contributed by atoms with E-state index in [1.165, 1.54) is 0 Å². The van der Waals surface area contributed by atoms with Gasteiger partial charge >= 0.3 is 11.9 Å². The number of ether oxygens (including phenoxy) is 2. The summed E-state index contributed by atoms with van der Waals surface area (Å²) in [4.78, 5) is 36.9. The van der Waals surface area contributed by atoms with E-state index in [1.807, 2.05) is 0 Å². The second-order valence-corrected chi connectivity index (χ2v) is 4.83. The fourth-order valence-corrected chi connectivity index (χ4v) is 2.59. The molecule has 1 aliphatic carbocycles. The highest BCUT2D eigenvalue weighted by Gasteiger charge is 2.40. The van der Waals surface area contributed by atoms with Crippen molar-refractivity contribution in [2.75, 3.05) is 13.2 Å². The molecular formula is C17H14O6. The summed E-state index contributed by atoms with van der Waals surface area (Å²) in [5.41, 5.74) is 0.880. The SMILES string of the molecule is CCOC(=O)c1oc2c(c1C(=O)OCC)C(=O)c1ccccc1-2. The van der Waals surface area contributed by atoms with Crippen LogP contribution in [0.25, 0.3) is 11.3 Å². The number of fused-ring (bicyclic) bond motifs is 3. The van der Waals surface area contributed by atoms with Gasteiger partial charge in [0.1, 0.15) is 11.3 Å². The van der Waals surface area contributed by atoms with Crippen LogP contribution in [0.15, 0.2) is 28.7 Å². The lowest BCUT2D eigenvalue weighted by Crippen LogP contribution is -2.15. The average molecular weight is 314 g/mol. The number of rotatable bonds is 4. The Labute approximate surface area is 132 Å². The fraction of sp³-hybridized carbons (Fsp3) is 0.235. The summed E-state index contributed by atoms with van der Waals surface area (Å²) in [6.45, 7) is 3.51. The van der Waals surface area contributed by atoms with Crippen molar-refractivity contribution in [2.24, 2.45) is 0 Å². The van der Waals surface area contributed by atoms with Gasteiger partial charge in [-0.15, -0.1) is 0 Å². The summed E-state index contributed by atoms with van der Waals surface area (Å²) in [5.74, 6) is -2.02. The molecular weight excluding hydrogens is 300 g/mol. The highest BCUT2D eigenvalue weighted by Crippen LogP contribution is 2.41. The van der Waals surface area contributed by atoms with Crippen molar-refractivity contribution in [3.63, 3.8) is 0 Å². The van der Waals surface area contributed by atoms with Gasteiger partial charge in [0.15, 0.2) is 5.78 Å². The number of benzene rings is 1. The van der Waals surface area contributed by atoms with Crippen LogP contribution in [0.1, 0.15) is 50.7 Å². The first-order chi connectivity index (χ1) is 11.1. The minimum Gasteiger partial charge on any atom is -0.462 e. The second kappa shape index (κ2) is 5.72. The minimum atomic E-state index is -0.796. The Bertz CT molecular complexity index is 814. The molecule has 6 heteroatoms. The molecule has 1 heterocycles. The van der Waals surface area contributed by atoms with E-state index in [4.69, 9.17) is 13.9 Å². The largest absolute Gasteiger partial charge is 0.462 e. The Balaban J connectivity index is 2.22. The smallest absolute Gasteiger partial charge is 0.375 e. The van der Waals surface area contributed by atoms with Crippen molar-refractivity contribution >= 4 is 17.7 Å². The molecule has 0 amide bonds. The van der Waals surface area contributed by atoms with E-state index < -0.39 is 11.9 Å². The van der Waals surface area contributed by atoms with Gasteiger partial charge in [-0.1, -0.05) is 24.3 Å². The number of carbonyl (C=O) groups is 3. The van der Waals surface area contributed by atoms with E-state index in [-0.39, 0.29) is 41.6 Å². The van der Waals surface area contributed by atoms with Crippen LogP contribution in [0.4, 0.5) is 0 Å². The Morgan fingerprint density at radius 2 is 1.61 bits per heavy atom. The first kappa shape index (κ1) is 15.0. The van der Waals surface area contributed by atoms with E-state index in [0.717, 1.165) is 0 Å². The highest BCUT2D eigenvalue weighted by molar-refractivity contribution is 6.26. The first-order valence-corrected chi connectivity index (χ1v) is 7.25. The average Bonchev–Trinajstić information content (AvgIpc) is 3.05. The summed E-state index contributed by atoms with van der Waals surface area (Å²) < 4.78 is 15.4. The fourth-order valence-electron chi connectivity index (χ4n) is 2.59. The van der Waals surface area contributed by atoms with Crippen molar-refractivity contribution in [1.29, 1.82) is 0 Å². The maximum Gasteiger partial charge on any atom is 0.375 e. The van der Waals surface area contributed by atoms with E-state index in [2.05, 4.69) is 0 Å². The summed E-state index contributed by atoms with van der Waals surface area (Å²) in [6, 6.07) is 6.81. The molecule has 1 aliphatic rings. The van der Waals surface area contributed by atoms with Crippen LogP contribution < -0.4 is 0 Å². The van der Waals surface area contributed by atoms with Gasteiger partial charge in [0.2, 0.25) is 5.76 Å². The lowest BCUT2D eigenvalue weighted by molar-refractivity contribution is 0.0452. The molecule has 0 radical (unpaired) electrons. The Morgan fingerprint density at radius 1 is 1.00 bits per heavy atom. The molecule has 0 unspecified atom stereocenters. The molecule has 23 heavy (non-hydrogen) atoms. The third-order valence-electron chi connectivity index (χ3n) is 3.49. The number of furan rings is 1. The zero-order valence-corrected chi connectivity index (χ0v) is 12.7. The molecule has 1 aromatic heterocycles. The van der Waals surface area contributed by atoms with Crippen LogP contribution in [0, 0.1) is 0 Å². The maximum atomic E-state index is 12.6. The van der Waals surface area contributed by atoms with E-state index >= 15 is 0 Å². The van der Waals surface area contributed by atoms with Crippen molar-refractivity contribution in [3.8, 4) is 11.3 Å². The number of hydrogen-bond donors (Lipinski definition) is 0. The number of esters is 2. The highest BCUT2D eigenvalue weighted by atomic mass is 16.5. The normalized spacial score (nSPS) is 11.8. The van der Waals surface area contributed by atoms with E-state index in [1.54, 1.807) is 38.1 Å². The van der Waals surface area contributed by atoms with Gasteiger partial charge in [0.05, 0.1) is 18.8 Å². The molecule has 118 valence electrons. The Kier molecular flexibility index (Phi) is 3.73. The summed E-state index contributed by atoms with van der Waals surface area (Å²) >= 11 is 0. The van der Waals surface area contributed by atoms with Gasteiger partial charge in [-0.05, 0) is 13.8 Å². The standard InChI is InChI=1S/C17H14O6/c1-3-21-16(19)12-11-13(18)9-7-5-6-8-10(9)14(11)23-15(12)17(20)22-4-2/h5-8H,3-4H2,1-2H3. The first-order valence-electron chi connectivity index (χ1n) is 7.25. The zero-order valence-electron chi connectivity index (χ0n) is 12.7. The number of hydrogen-bond acceptors (Lipinski definition) is 6. The predicted molar refractivity (Wildman–Crippen MR) is 79.5 cm³/mol. The van der Waals surface area contributed by atoms with Crippen molar-refractivity contribution in [1.82, 2.24) is 0 Å². The molecule has 0 N–H and O–H groups in total. The molecule has 2 aromatic rings. The van der Waals surface area contributed by atoms with Crippen molar-refractivity contribution < 1.29 is 28.3 Å². The van der Waals surface area contributed by atoms with Gasteiger partial charge in [-0.25, -0.2) is 9.59 Å². The van der Waals surface area contributed by atoms with Crippen LogP contribution in [-0.2, 0) is 9.47 Å². The second-order valence-electron chi connectivity index (χ2n) is 4.83. The predicted octanol–water partition coefficient (Wildman–Crippen LogP) is 2.84. The zero-order chi connectivity index (χ0) is 16.6. The lowest BCUT2D eigenvalue weighted by Gasteiger charge is -2.04. The van der Waals surface area contributed by atoms with Crippen LogP contribution in [0.2, 0.25) is 0 Å². The summed E-state index contributed by atoms with van der Waals surface area (Å²) in [7, 11) is 0. The van der Waals surface area contributed by atoms with Crippen molar-refractivity contribution in [3.05, 3.63) is 46.7 Å². The third kappa shape index (κ3) is 2.23. The minimum absolute atomic E-state index is 0.0627. The summed E-state index contributed by atoms with van der Waals surface area (Å²) in [5, 5.41) is 0. The molecule has 1 aromatic carbocycles. The quantitative estimate of drug-likeness (QED) is 0.689. The topological polar surface area (TPSA) is 82.8 Å². The Hall–Kier alpha value is -2.89. The van der Waals surface area contributed by atoms with Gasteiger partial charge in [-0.2, -0.15) is 0 Å². The number of carbonyl (C=O) groups excluding carboxylic acids is 3. The molecule has 0 aliphatic heterocycles.